The minimum Gasteiger partial charge on any atom is -0.467 e. The topological polar surface area (TPSA) is 139 Å². The van der Waals surface area contributed by atoms with Crippen LogP contribution in [0.25, 0.3) is 0 Å². The van der Waals surface area contributed by atoms with E-state index in [0.29, 0.717) is 11.3 Å². The van der Waals surface area contributed by atoms with Crippen LogP contribution in [-0.4, -0.2) is 31.9 Å². The number of fused-ring (bicyclic) bond motifs is 3. The fourth-order valence-electron chi connectivity index (χ4n) is 3.93. The Morgan fingerprint density at radius 1 is 1.06 bits per heavy atom. The van der Waals surface area contributed by atoms with E-state index in [0.717, 1.165) is 6.07 Å². The number of hydrogen-bond donors (Lipinski definition) is 0. The molecular formula is C23H15NO9S. The summed E-state index contributed by atoms with van der Waals surface area (Å²) in [6, 6.07) is 12.1. The molecule has 34 heavy (non-hydrogen) atoms. The predicted molar refractivity (Wildman–Crippen MR) is 114 cm³/mol. The molecule has 5 rings (SSSR count). The Morgan fingerprint density at radius 2 is 1.82 bits per heavy atom. The van der Waals surface area contributed by atoms with Crippen LogP contribution < -0.4 is 4.74 Å². The second-order valence-corrected chi connectivity index (χ2v) is 9.46. The lowest BCUT2D eigenvalue weighted by Crippen LogP contribution is -2.21. The van der Waals surface area contributed by atoms with Crippen LogP contribution in [0.4, 0.5) is 5.69 Å². The number of hydrogen-bond acceptors (Lipinski definition) is 9. The standard InChI is InChI=1S/C23H15NO9S/c25-21-17-3-1-2-4-19(17)34(29,30)20-9-13(5-6-18(20)21)23(26)32-11-15-8-16(24(27)28)7-14-10-31-12-33-22(14)15/h1-9H,10-12H2. The number of nitro benzene ring substituents is 1. The highest BCUT2D eigenvalue weighted by Gasteiger charge is 2.35. The molecule has 172 valence electrons. The molecule has 3 aromatic carbocycles. The Balaban J connectivity index is 1.45. The van der Waals surface area contributed by atoms with Gasteiger partial charge in [-0.25, -0.2) is 13.2 Å². The molecule has 0 aliphatic carbocycles. The summed E-state index contributed by atoms with van der Waals surface area (Å²) in [7, 11) is -4.02. The van der Waals surface area contributed by atoms with Gasteiger partial charge in [0, 0.05) is 34.4 Å². The minimum atomic E-state index is -4.02. The van der Waals surface area contributed by atoms with E-state index >= 15 is 0 Å². The number of nitrogens with zero attached hydrogens (tertiary/aromatic N) is 1. The van der Waals surface area contributed by atoms with Crippen molar-refractivity contribution in [3.8, 4) is 5.75 Å². The van der Waals surface area contributed by atoms with Crippen molar-refractivity contribution in [1.82, 2.24) is 0 Å². The second-order valence-electron chi connectivity index (χ2n) is 7.58. The van der Waals surface area contributed by atoms with Crippen LogP contribution in [0.15, 0.2) is 64.4 Å². The van der Waals surface area contributed by atoms with Gasteiger partial charge in [-0.2, -0.15) is 0 Å². The van der Waals surface area contributed by atoms with E-state index in [2.05, 4.69) is 0 Å². The van der Waals surface area contributed by atoms with Crippen LogP contribution in [0.2, 0.25) is 0 Å². The molecule has 0 radical (unpaired) electrons. The fraction of sp³-hybridized carbons (Fsp3) is 0.130. The highest BCUT2D eigenvalue weighted by molar-refractivity contribution is 7.91. The van der Waals surface area contributed by atoms with E-state index in [9.17, 15) is 28.1 Å². The van der Waals surface area contributed by atoms with Gasteiger partial charge in [-0.3, -0.25) is 14.9 Å². The number of ketones is 1. The van der Waals surface area contributed by atoms with Gasteiger partial charge >= 0.3 is 5.97 Å². The number of benzene rings is 3. The van der Waals surface area contributed by atoms with E-state index < -0.39 is 26.5 Å². The van der Waals surface area contributed by atoms with Crippen molar-refractivity contribution in [2.24, 2.45) is 0 Å². The van der Waals surface area contributed by atoms with Gasteiger partial charge in [-0.1, -0.05) is 12.1 Å². The molecule has 2 heterocycles. The number of non-ortho nitro benzene ring substituents is 1. The van der Waals surface area contributed by atoms with E-state index in [1.165, 1.54) is 42.5 Å². The van der Waals surface area contributed by atoms with Gasteiger partial charge in [0.2, 0.25) is 9.84 Å². The van der Waals surface area contributed by atoms with Crippen molar-refractivity contribution >= 4 is 27.3 Å². The number of carbonyl (C=O) groups excluding carboxylic acids is 2. The first-order valence-electron chi connectivity index (χ1n) is 9.98. The van der Waals surface area contributed by atoms with E-state index in [4.69, 9.17) is 14.2 Å². The summed E-state index contributed by atoms with van der Waals surface area (Å²) < 4.78 is 42.0. The van der Waals surface area contributed by atoms with E-state index in [1.807, 2.05) is 0 Å². The molecule has 0 atom stereocenters. The highest BCUT2D eigenvalue weighted by Crippen LogP contribution is 2.36. The van der Waals surface area contributed by atoms with Gasteiger partial charge < -0.3 is 14.2 Å². The zero-order valence-corrected chi connectivity index (χ0v) is 18.2. The minimum absolute atomic E-state index is 0.0311. The Morgan fingerprint density at radius 3 is 2.62 bits per heavy atom. The number of carbonyl (C=O) groups is 2. The number of rotatable bonds is 4. The monoisotopic (exact) mass is 481 g/mol. The van der Waals surface area contributed by atoms with Crippen molar-refractivity contribution in [1.29, 1.82) is 0 Å². The van der Waals surface area contributed by atoms with Gasteiger partial charge in [0.25, 0.3) is 5.69 Å². The summed E-state index contributed by atoms with van der Waals surface area (Å²) >= 11 is 0. The van der Waals surface area contributed by atoms with Gasteiger partial charge in [-0.15, -0.1) is 0 Å². The normalized spacial score (nSPS) is 15.4. The van der Waals surface area contributed by atoms with E-state index in [-0.39, 0.29) is 57.7 Å². The lowest BCUT2D eigenvalue weighted by atomic mass is 10.0. The number of nitro groups is 1. The smallest absolute Gasteiger partial charge is 0.338 e. The predicted octanol–water partition coefficient (Wildman–Crippen LogP) is 3.20. The third kappa shape index (κ3) is 3.51. The summed E-state index contributed by atoms with van der Waals surface area (Å²) in [6.45, 7) is -0.297. The van der Waals surface area contributed by atoms with Crippen molar-refractivity contribution in [3.63, 3.8) is 0 Å². The third-order valence-electron chi connectivity index (χ3n) is 5.51. The first-order chi connectivity index (χ1) is 16.3. The Hall–Kier alpha value is -4.09. The van der Waals surface area contributed by atoms with Crippen LogP contribution >= 0.6 is 0 Å². The number of esters is 1. The SMILES string of the molecule is O=C(OCc1cc([N+](=O)[O-])cc2c1OCOC2)c1ccc2c(c1)S(=O)(=O)c1ccccc1C2=O. The molecule has 2 aliphatic heterocycles. The maximum absolute atomic E-state index is 13.1. The van der Waals surface area contributed by atoms with Crippen molar-refractivity contribution < 1.29 is 37.1 Å². The van der Waals surface area contributed by atoms with Crippen LogP contribution in [0.1, 0.15) is 37.4 Å². The molecule has 0 aromatic heterocycles. The van der Waals surface area contributed by atoms with E-state index in [1.54, 1.807) is 6.07 Å². The number of sulfone groups is 1. The molecule has 0 N–H and O–H groups in total. The fourth-order valence-corrected chi connectivity index (χ4v) is 5.61. The largest absolute Gasteiger partial charge is 0.467 e. The first kappa shape index (κ1) is 21.7. The first-order valence-corrected chi connectivity index (χ1v) is 11.5. The molecule has 10 nitrogen and oxygen atoms in total. The Labute approximate surface area is 192 Å². The van der Waals surface area contributed by atoms with Crippen LogP contribution in [-0.2, 0) is 32.5 Å². The third-order valence-corrected chi connectivity index (χ3v) is 7.37. The highest BCUT2D eigenvalue weighted by atomic mass is 32.2. The summed E-state index contributed by atoms with van der Waals surface area (Å²) in [4.78, 5) is 35.7. The second kappa shape index (κ2) is 8.04. The average molecular weight is 481 g/mol. The van der Waals surface area contributed by atoms with Crippen molar-refractivity contribution in [3.05, 3.63) is 92.5 Å². The summed E-state index contributed by atoms with van der Waals surface area (Å²) in [5, 5.41) is 11.2. The van der Waals surface area contributed by atoms with Gasteiger partial charge in [-0.05, 0) is 30.3 Å². The molecule has 2 aliphatic rings. The molecule has 0 saturated carbocycles. The number of ether oxygens (including phenoxy) is 3. The molecule has 0 saturated heterocycles. The summed E-state index contributed by atoms with van der Waals surface area (Å²) in [5.74, 6) is -0.987. The van der Waals surface area contributed by atoms with Crippen molar-refractivity contribution in [2.45, 2.75) is 23.0 Å². The van der Waals surface area contributed by atoms with Gasteiger partial charge in [0.15, 0.2) is 12.6 Å². The van der Waals surface area contributed by atoms with Crippen LogP contribution in [0, 0.1) is 10.1 Å². The molecule has 0 amide bonds. The maximum atomic E-state index is 13.1. The molecule has 3 aromatic rings. The van der Waals surface area contributed by atoms with Gasteiger partial charge in [0.05, 0.1) is 26.9 Å². The summed E-state index contributed by atoms with van der Waals surface area (Å²) in [6.07, 6.45) is 0. The molecule has 0 unspecified atom stereocenters. The lowest BCUT2D eigenvalue weighted by molar-refractivity contribution is -0.385. The molecule has 0 bridgehead atoms. The summed E-state index contributed by atoms with van der Waals surface area (Å²) in [5.41, 5.74) is 0.467. The molecule has 0 fully saturated rings. The quantitative estimate of drug-likeness (QED) is 0.244. The van der Waals surface area contributed by atoms with Crippen LogP contribution in [0.5, 0.6) is 5.75 Å². The molecular weight excluding hydrogens is 466 g/mol. The Bertz CT molecular complexity index is 1490. The van der Waals surface area contributed by atoms with Crippen molar-refractivity contribution in [2.75, 3.05) is 6.79 Å². The zero-order chi connectivity index (χ0) is 24.0. The lowest BCUT2D eigenvalue weighted by Gasteiger charge is -2.21. The zero-order valence-electron chi connectivity index (χ0n) is 17.3. The molecule has 0 spiro atoms. The van der Waals surface area contributed by atoms with Gasteiger partial charge in [0.1, 0.15) is 12.4 Å². The molecule has 11 heteroatoms. The average Bonchev–Trinajstić information content (AvgIpc) is 2.85. The van der Waals surface area contributed by atoms with Crippen LogP contribution in [0.3, 0.4) is 0 Å². The maximum Gasteiger partial charge on any atom is 0.338 e. The Kier molecular flexibility index (Phi) is 5.14.